The lowest BCUT2D eigenvalue weighted by atomic mass is 10.0. The summed E-state index contributed by atoms with van der Waals surface area (Å²) in [5, 5.41) is 20.9. The molecule has 1 aromatic carbocycles. The van der Waals surface area contributed by atoms with Crippen LogP contribution in [0.5, 0.6) is 5.75 Å². The van der Waals surface area contributed by atoms with Crippen LogP contribution >= 0.6 is 0 Å². The van der Waals surface area contributed by atoms with E-state index in [2.05, 4.69) is 6.92 Å². The van der Waals surface area contributed by atoms with Gasteiger partial charge in [-0.3, -0.25) is 14.9 Å². The molecule has 26 heavy (non-hydrogen) atoms. The molecule has 0 bridgehead atoms. The first-order valence-corrected chi connectivity index (χ1v) is 9.12. The number of carbonyl (C=O) groups excluding carboxylic acids is 1. The molecule has 1 rings (SSSR count). The first-order chi connectivity index (χ1) is 12.3. The number of rotatable bonds is 11. The van der Waals surface area contributed by atoms with E-state index in [1.54, 1.807) is 11.8 Å². The van der Waals surface area contributed by atoms with E-state index in [0.29, 0.717) is 30.8 Å². The predicted octanol–water partition coefficient (Wildman–Crippen LogP) is 3.76. The van der Waals surface area contributed by atoms with E-state index < -0.39 is 11.0 Å². The highest BCUT2D eigenvalue weighted by Gasteiger charge is 2.22. The smallest absolute Gasteiger partial charge is 0.275 e. The summed E-state index contributed by atoms with van der Waals surface area (Å²) in [5.74, 6) is 0.588. The van der Waals surface area contributed by atoms with Gasteiger partial charge in [0.05, 0.1) is 23.2 Å². The van der Waals surface area contributed by atoms with Gasteiger partial charge in [0, 0.05) is 31.6 Å². The molecule has 7 heteroatoms. The minimum Gasteiger partial charge on any atom is -0.493 e. The van der Waals surface area contributed by atoms with Gasteiger partial charge in [-0.05, 0) is 32.8 Å². The molecule has 1 aromatic rings. The number of nitro groups is 1. The van der Waals surface area contributed by atoms with E-state index in [1.165, 1.54) is 19.1 Å². The zero-order valence-electron chi connectivity index (χ0n) is 16.2. The molecule has 0 aliphatic carbocycles. The minimum atomic E-state index is -0.961. The van der Waals surface area contributed by atoms with Crippen LogP contribution in [0.4, 0.5) is 5.69 Å². The monoisotopic (exact) mass is 366 g/mol. The van der Waals surface area contributed by atoms with Crippen molar-refractivity contribution in [2.45, 2.75) is 59.0 Å². The second kappa shape index (κ2) is 10.8. The SMILES string of the molecule is CCCCCN(C)C(=O)CCCOc1ccc([N+](=O)[O-])c(C(C)O)c1C. The van der Waals surface area contributed by atoms with Crippen LogP contribution in [-0.2, 0) is 4.79 Å². The van der Waals surface area contributed by atoms with Gasteiger partial charge in [-0.15, -0.1) is 0 Å². The number of aliphatic hydroxyl groups is 1. The molecule has 1 unspecified atom stereocenters. The molecular weight excluding hydrogens is 336 g/mol. The third-order valence-electron chi connectivity index (χ3n) is 4.37. The minimum absolute atomic E-state index is 0.0924. The molecule has 0 heterocycles. The number of amides is 1. The highest BCUT2D eigenvalue weighted by molar-refractivity contribution is 5.75. The lowest BCUT2D eigenvalue weighted by molar-refractivity contribution is -0.386. The zero-order valence-corrected chi connectivity index (χ0v) is 16.2. The van der Waals surface area contributed by atoms with Gasteiger partial charge >= 0.3 is 0 Å². The van der Waals surface area contributed by atoms with Gasteiger partial charge in [0.15, 0.2) is 0 Å². The summed E-state index contributed by atoms with van der Waals surface area (Å²) < 4.78 is 5.69. The van der Waals surface area contributed by atoms with Crippen molar-refractivity contribution in [3.63, 3.8) is 0 Å². The van der Waals surface area contributed by atoms with Gasteiger partial charge < -0.3 is 14.7 Å². The fourth-order valence-electron chi connectivity index (χ4n) is 2.86. The molecule has 0 saturated carbocycles. The van der Waals surface area contributed by atoms with Crippen LogP contribution < -0.4 is 4.74 Å². The van der Waals surface area contributed by atoms with Crippen molar-refractivity contribution in [1.29, 1.82) is 0 Å². The predicted molar refractivity (Wildman–Crippen MR) is 100 cm³/mol. The quantitative estimate of drug-likeness (QED) is 0.366. The Labute approximate surface area is 155 Å². The van der Waals surface area contributed by atoms with E-state index in [9.17, 15) is 20.0 Å². The third-order valence-corrected chi connectivity index (χ3v) is 4.37. The first kappa shape index (κ1) is 21.9. The highest BCUT2D eigenvalue weighted by atomic mass is 16.6. The van der Waals surface area contributed by atoms with Crippen molar-refractivity contribution in [1.82, 2.24) is 4.90 Å². The Morgan fingerprint density at radius 1 is 1.35 bits per heavy atom. The maximum absolute atomic E-state index is 12.0. The molecule has 1 atom stereocenters. The number of ether oxygens (including phenoxy) is 1. The molecule has 7 nitrogen and oxygen atoms in total. The van der Waals surface area contributed by atoms with E-state index in [0.717, 1.165) is 25.8 Å². The number of benzene rings is 1. The average Bonchev–Trinajstić information content (AvgIpc) is 2.58. The van der Waals surface area contributed by atoms with Gasteiger partial charge in [0.2, 0.25) is 5.91 Å². The largest absolute Gasteiger partial charge is 0.493 e. The second-order valence-electron chi connectivity index (χ2n) is 6.53. The van der Waals surface area contributed by atoms with Crippen molar-refractivity contribution in [3.05, 3.63) is 33.4 Å². The maximum atomic E-state index is 12.0. The summed E-state index contributed by atoms with van der Waals surface area (Å²) in [6.07, 6.45) is 3.26. The summed E-state index contributed by atoms with van der Waals surface area (Å²) in [7, 11) is 1.81. The first-order valence-electron chi connectivity index (χ1n) is 9.12. The Kier molecular flexibility index (Phi) is 9.05. The molecule has 0 saturated heterocycles. The summed E-state index contributed by atoms with van der Waals surface area (Å²) >= 11 is 0. The Bertz CT molecular complexity index is 616. The number of unbranched alkanes of at least 4 members (excludes halogenated alkanes) is 2. The number of nitrogens with zero attached hydrogens (tertiary/aromatic N) is 2. The molecule has 0 fully saturated rings. The number of aliphatic hydroxyl groups excluding tert-OH is 1. The third kappa shape index (κ3) is 6.29. The normalized spacial score (nSPS) is 11.9. The highest BCUT2D eigenvalue weighted by Crippen LogP contribution is 2.34. The van der Waals surface area contributed by atoms with Crippen molar-refractivity contribution in [2.24, 2.45) is 0 Å². The van der Waals surface area contributed by atoms with Crippen molar-refractivity contribution in [3.8, 4) is 5.75 Å². The van der Waals surface area contributed by atoms with E-state index >= 15 is 0 Å². The maximum Gasteiger partial charge on any atom is 0.275 e. The summed E-state index contributed by atoms with van der Waals surface area (Å²) in [6.45, 7) is 6.42. The number of nitro benzene ring substituents is 1. The van der Waals surface area contributed by atoms with Crippen LogP contribution in [0.3, 0.4) is 0 Å². The Morgan fingerprint density at radius 2 is 2.04 bits per heavy atom. The van der Waals surface area contributed by atoms with E-state index in [1.807, 2.05) is 7.05 Å². The Morgan fingerprint density at radius 3 is 2.62 bits per heavy atom. The van der Waals surface area contributed by atoms with Gasteiger partial charge in [-0.25, -0.2) is 0 Å². The zero-order chi connectivity index (χ0) is 19.7. The van der Waals surface area contributed by atoms with Crippen LogP contribution in [-0.4, -0.2) is 41.0 Å². The Balaban J connectivity index is 2.57. The number of carbonyl (C=O) groups is 1. The lowest BCUT2D eigenvalue weighted by Crippen LogP contribution is -2.27. The van der Waals surface area contributed by atoms with Crippen LogP contribution in [0.1, 0.15) is 63.2 Å². The number of hydrogen-bond acceptors (Lipinski definition) is 5. The summed E-state index contributed by atoms with van der Waals surface area (Å²) in [6, 6.07) is 2.88. The molecule has 0 aliphatic rings. The van der Waals surface area contributed by atoms with Crippen LogP contribution in [0, 0.1) is 17.0 Å². The fourth-order valence-corrected chi connectivity index (χ4v) is 2.86. The topological polar surface area (TPSA) is 92.9 Å². The fraction of sp³-hybridized carbons (Fsp3) is 0.632. The van der Waals surface area contributed by atoms with Crippen LogP contribution in [0.25, 0.3) is 0 Å². The molecule has 146 valence electrons. The number of hydrogen-bond donors (Lipinski definition) is 1. The molecular formula is C19H30N2O5. The standard InChI is InChI=1S/C19H30N2O5/c1-5-6-7-12-20(4)18(23)9-8-13-26-17-11-10-16(21(24)25)19(14(17)2)15(3)22/h10-11,15,22H,5-9,12-13H2,1-4H3. The molecule has 0 radical (unpaired) electrons. The van der Waals surface area contributed by atoms with E-state index in [4.69, 9.17) is 4.74 Å². The van der Waals surface area contributed by atoms with Gasteiger partial charge in [-0.1, -0.05) is 19.8 Å². The van der Waals surface area contributed by atoms with Gasteiger partial charge in [0.25, 0.3) is 5.69 Å². The van der Waals surface area contributed by atoms with Gasteiger partial charge in [-0.2, -0.15) is 0 Å². The molecule has 0 aliphatic heterocycles. The molecule has 0 spiro atoms. The van der Waals surface area contributed by atoms with Crippen molar-refractivity contribution >= 4 is 11.6 Å². The second-order valence-corrected chi connectivity index (χ2v) is 6.53. The van der Waals surface area contributed by atoms with Crippen LogP contribution in [0.2, 0.25) is 0 Å². The summed E-state index contributed by atoms with van der Waals surface area (Å²) in [4.78, 5) is 24.4. The summed E-state index contributed by atoms with van der Waals surface area (Å²) in [5.41, 5.74) is 0.699. The molecule has 1 amide bonds. The van der Waals surface area contributed by atoms with Crippen molar-refractivity contribution < 1.29 is 19.6 Å². The average molecular weight is 366 g/mol. The van der Waals surface area contributed by atoms with Crippen molar-refractivity contribution in [2.75, 3.05) is 20.2 Å². The van der Waals surface area contributed by atoms with E-state index in [-0.39, 0.29) is 17.2 Å². The lowest BCUT2D eigenvalue weighted by Gasteiger charge is -2.17. The molecule has 1 N–H and O–H groups in total. The molecule has 0 aromatic heterocycles. The Hall–Kier alpha value is -2.15. The van der Waals surface area contributed by atoms with Gasteiger partial charge in [0.1, 0.15) is 5.75 Å². The van der Waals surface area contributed by atoms with Crippen LogP contribution in [0.15, 0.2) is 12.1 Å².